The fourth-order valence-corrected chi connectivity index (χ4v) is 1.80. The highest BCUT2D eigenvalue weighted by Crippen LogP contribution is 2.32. The Morgan fingerprint density at radius 3 is 2.64 bits per heavy atom. The Labute approximate surface area is 88.4 Å². The van der Waals surface area contributed by atoms with Gasteiger partial charge in [-0.2, -0.15) is 0 Å². The molecule has 0 aromatic carbocycles. The van der Waals surface area contributed by atoms with Crippen LogP contribution in [0.3, 0.4) is 0 Å². The topological polar surface area (TPSA) is 21.3 Å². The first kappa shape index (κ1) is 12.0. The number of rotatable bonds is 8. The number of ether oxygens (including phenoxy) is 1. The molecule has 0 radical (unpaired) electrons. The Bertz CT molecular complexity index is 145. The van der Waals surface area contributed by atoms with E-state index in [1.807, 2.05) is 0 Å². The van der Waals surface area contributed by atoms with Crippen molar-refractivity contribution < 1.29 is 4.74 Å². The molecular weight excluding hydrogens is 174 g/mol. The summed E-state index contributed by atoms with van der Waals surface area (Å²) in [7, 11) is 0. The summed E-state index contributed by atoms with van der Waals surface area (Å²) in [6, 6.07) is 0.695. The molecule has 0 amide bonds. The van der Waals surface area contributed by atoms with Gasteiger partial charge in [-0.05, 0) is 39.0 Å². The largest absolute Gasteiger partial charge is 0.377 e. The van der Waals surface area contributed by atoms with Gasteiger partial charge in [0.05, 0.1) is 12.7 Å². The molecule has 0 aliphatic heterocycles. The number of hydrogen-bond acceptors (Lipinski definition) is 2. The van der Waals surface area contributed by atoms with Crippen LogP contribution in [0.2, 0.25) is 0 Å². The molecule has 0 spiro atoms. The van der Waals surface area contributed by atoms with Crippen LogP contribution in [-0.2, 0) is 4.74 Å². The highest BCUT2D eigenvalue weighted by Gasteiger charge is 2.27. The predicted molar refractivity (Wildman–Crippen MR) is 60.5 cm³/mol. The quantitative estimate of drug-likeness (QED) is 0.607. The van der Waals surface area contributed by atoms with Crippen LogP contribution in [-0.4, -0.2) is 25.3 Å². The molecule has 0 aromatic heterocycles. The molecule has 84 valence electrons. The van der Waals surface area contributed by atoms with Crippen molar-refractivity contribution in [2.24, 2.45) is 5.92 Å². The zero-order chi connectivity index (χ0) is 10.4. The van der Waals surface area contributed by atoms with E-state index >= 15 is 0 Å². The van der Waals surface area contributed by atoms with E-state index in [4.69, 9.17) is 4.74 Å². The maximum absolute atomic E-state index is 5.67. The van der Waals surface area contributed by atoms with Crippen LogP contribution < -0.4 is 5.32 Å². The summed E-state index contributed by atoms with van der Waals surface area (Å²) in [5.74, 6) is 0.947. The molecule has 2 atom stereocenters. The lowest BCUT2D eigenvalue weighted by Crippen LogP contribution is -2.31. The minimum absolute atomic E-state index is 0.429. The Hall–Kier alpha value is -0.0800. The van der Waals surface area contributed by atoms with Crippen molar-refractivity contribution in [1.82, 2.24) is 5.32 Å². The van der Waals surface area contributed by atoms with E-state index < -0.39 is 0 Å². The second-order valence-corrected chi connectivity index (χ2v) is 4.55. The van der Waals surface area contributed by atoms with E-state index in [1.54, 1.807) is 0 Å². The summed E-state index contributed by atoms with van der Waals surface area (Å²) in [4.78, 5) is 0. The van der Waals surface area contributed by atoms with Crippen molar-refractivity contribution in [3.05, 3.63) is 0 Å². The highest BCUT2D eigenvalue weighted by atomic mass is 16.5. The molecule has 2 unspecified atom stereocenters. The summed E-state index contributed by atoms with van der Waals surface area (Å²) in [6.07, 6.45) is 5.66. The second kappa shape index (κ2) is 6.41. The Kier molecular flexibility index (Phi) is 5.49. The molecule has 1 rings (SSSR count). The highest BCUT2D eigenvalue weighted by molar-refractivity contribution is 4.82. The minimum Gasteiger partial charge on any atom is -0.377 e. The van der Waals surface area contributed by atoms with Crippen molar-refractivity contribution in [1.29, 1.82) is 0 Å². The third kappa shape index (κ3) is 4.97. The molecule has 0 aromatic rings. The predicted octanol–water partition coefficient (Wildman–Crippen LogP) is 2.58. The van der Waals surface area contributed by atoms with Gasteiger partial charge in [0.1, 0.15) is 0 Å². The fourth-order valence-electron chi connectivity index (χ4n) is 1.80. The average Bonchev–Trinajstić information content (AvgIpc) is 2.95. The lowest BCUT2D eigenvalue weighted by atomic mass is 10.2. The van der Waals surface area contributed by atoms with Crippen LogP contribution in [0.25, 0.3) is 0 Å². The van der Waals surface area contributed by atoms with Gasteiger partial charge in [0.25, 0.3) is 0 Å². The van der Waals surface area contributed by atoms with Gasteiger partial charge in [-0.15, -0.1) is 0 Å². The average molecular weight is 199 g/mol. The van der Waals surface area contributed by atoms with Crippen molar-refractivity contribution >= 4 is 0 Å². The van der Waals surface area contributed by atoms with E-state index in [2.05, 4.69) is 26.1 Å². The number of hydrogen-bond donors (Lipinski definition) is 1. The van der Waals surface area contributed by atoms with Crippen LogP contribution in [0.5, 0.6) is 0 Å². The third-order valence-corrected chi connectivity index (χ3v) is 3.00. The molecule has 14 heavy (non-hydrogen) atoms. The lowest BCUT2D eigenvalue weighted by Gasteiger charge is -2.15. The molecule has 2 heteroatoms. The zero-order valence-corrected chi connectivity index (χ0v) is 9.88. The summed E-state index contributed by atoms with van der Waals surface area (Å²) >= 11 is 0. The van der Waals surface area contributed by atoms with Gasteiger partial charge >= 0.3 is 0 Å². The first-order chi connectivity index (χ1) is 6.74. The molecule has 1 aliphatic rings. The smallest absolute Gasteiger partial charge is 0.0594 e. The minimum atomic E-state index is 0.429. The van der Waals surface area contributed by atoms with Gasteiger partial charge in [-0.1, -0.05) is 13.3 Å². The third-order valence-electron chi connectivity index (χ3n) is 3.00. The molecule has 1 fully saturated rings. The Balaban J connectivity index is 1.87. The van der Waals surface area contributed by atoms with Crippen molar-refractivity contribution in [2.75, 3.05) is 13.2 Å². The van der Waals surface area contributed by atoms with Crippen LogP contribution in [0.1, 0.15) is 46.5 Å². The molecule has 1 N–H and O–H groups in total. The molecule has 0 saturated heterocycles. The first-order valence-corrected chi connectivity index (χ1v) is 6.09. The molecule has 0 heterocycles. The van der Waals surface area contributed by atoms with Gasteiger partial charge in [0.2, 0.25) is 0 Å². The van der Waals surface area contributed by atoms with E-state index in [-0.39, 0.29) is 0 Å². The maximum Gasteiger partial charge on any atom is 0.0594 e. The van der Waals surface area contributed by atoms with E-state index in [0.717, 1.165) is 19.1 Å². The Morgan fingerprint density at radius 1 is 1.36 bits per heavy atom. The summed E-state index contributed by atoms with van der Waals surface area (Å²) in [5.41, 5.74) is 0. The second-order valence-electron chi connectivity index (χ2n) is 4.55. The van der Waals surface area contributed by atoms with Crippen molar-refractivity contribution in [2.45, 2.75) is 58.6 Å². The van der Waals surface area contributed by atoms with Crippen LogP contribution >= 0.6 is 0 Å². The lowest BCUT2D eigenvalue weighted by molar-refractivity contribution is 0.0604. The Morgan fingerprint density at radius 2 is 2.07 bits per heavy atom. The van der Waals surface area contributed by atoms with Crippen molar-refractivity contribution in [3.8, 4) is 0 Å². The summed E-state index contributed by atoms with van der Waals surface area (Å²) < 4.78 is 5.67. The number of nitrogens with one attached hydrogen (secondary N) is 1. The standard InChI is InChI=1S/C12H25NO/c1-4-5-10(2)14-9-8-13-11(3)12-6-7-12/h10-13H,4-9H2,1-3H3. The van der Waals surface area contributed by atoms with Crippen LogP contribution in [0.4, 0.5) is 0 Å². The SMILES string of the molecule is CCCC(C)OCCNC(C)C1CC1. The maximum atomic E-state index is 5.67. The molecule has 2 nitrogen and oxygen atoms in total. The molecule has 1 saturated carbocycles. The van der Waals surface area contributed by atoms with Gasteiger partial charge in [0, 0.05) is 12.6 Å². The fraction of sp³-hybridized carbons (Fsp3) is 1.00. The normalized spacial score (nSPS) is 20.8. The van der Waals surface area contributed by atoms with Gasteiger partial charge in [-0.25, -0.2) is 0 Å². The first-order valence-electron chi connectivity index (χ1n) is 6.09. The van der Waals surface area contributed by atoms with Gasteiger partial charge < -0.3 is 10.1 Å². The van der Waals surface area contributed by atoms with Gasteiger partial charge in [0.15, 0.2) is 0 Å². The monoisotopic (exact) mass is 199 g/mol. The van der Waals surface area contributed by atoms with Crippen LogP contribution in [0.15, 0.2) is 0 Å². The summed E-state index contributed by atoms with van der Waals surface area (Å²) in [5, 5.41) is 3.52. The van der Waals surface area contributed by atoms with E-state index in [0.29, 0.717) is 12.1 Å². The van der Waals surface area contributed by atoms with E-state index in [1.165, 1.54) is 25.7 Å². The zero-order valence-electron chi connectivity index (χ0n) is 9.88. The van der Waals surface area contributed by atoms with Gasteiger partial charge in [-0.3, -0.25) is 0 Å². The van der Waals surface area contributed by atoms with Crippen molar-refractivity contribution in [3.63, 3.8) is 0 Å². The van der Waals surface area contributed by atoms with E-state index in [9.17, 15) is 0 Å². The molecule has 0 bridgehead atoms. The van der Waals surface area contributed by atoms with Crippen LogP contribution in [0, 0.1) is 5.92 Å². The molecular formula is C12H25NO. The molecule has 1 aliphatic carbocycles. The summed E-state index contributed by atoms with van der Waals surface area (Å²) in [6.45, 7) is 8.51.